The van der Waals surface area contributed by atoms with E-state index in [9.17, 15) is 9.59 Å². The number of hydrogen-bond donors (Lipinski definition) is 0. The van der Waals surface area contributed by atoms with Gasteiger partial charge in [-0.25, -0.2) is 0 Å². The van der Waals surface area contributed by atoms with Crippen LogP contribution in [0.4, 0.5) is 0 Å². The highest BCUT2D eigenvalue weighted by molar-refractivity contribution is 6.30. The van der Waals surface area contributed by atoms with E-state index in [-0.39, 0.29) is 12.6 Å². The minimum atomic E-state index is -0.510. The molecule has 0 fully saturated rings. The molecular formula is C10H19NO4. The third-order valence-corrected chi connectivity index (χ3v) is 1.32. The molecule has 0 saturated carbocycles. The van der Waals surface area contributed by atoms with Gasteiger partial charge in [-0.05, 0) is 6.92 Å². The van der Waals surface area contributed by atoms with Gasteiger partial charge in [0.15, 0.2) is 12.6 Å². The Kier molecular flexibility index (Phi) is 11.8. The van der Waals surface area contributed by atoms with Gasteiger partial charge in [0, 0.05) is 40.6 Å². The first kappa shape index (κ1) is 16.2. The molecule has 0 aromatic carbocycles. The van der Waals surface area contributed by atoms with Gasteiger partial charge < -0.3 is 14.4 Å². The number of ether oxygens (including phenoxy) is 2. The van der Waals surface area contributed by atoms with Crippen molar-refractivity contribution in [2.24, 2.45) is 0 Å². The summed E-state index contributed by atoms with van der Waals surface area (Å²) in [4.78, 5) is 21.6. The van der Waals surface area contributed by atoms with Crippen molar-refractivity contribution in [3.05, 3.63) is 12.3 Å². The van der Waals surface area contributed by atoms with Crippen LogP contribution in [0, 0.1) is 0 Å². The Morgan fingerprint density at radius 1 is 1.27 bits per heavy atom. The SMILES string of the molecule is CN(C)/C=C/C(=O)C=O.COC(C)OC. The summed E-state index contributed by atoms with van der Waals surface area (Å²) in [5.74, 6) is -0.510. The first-order valence-corrected chi connectivity index (χ1v) is 4.37. The Bertz CT molecular complexity index is 198. The minimum Gasteiger partial charge on any atom is -0.383 e. The second kappa shape index (κ2) is 10.9. The van der Waals surface area contributed by atoms with E-state index in [2.05, 4.69) is 9.47 Å². The van der Waals surface area contributed by atoms with Gasteiger partial charge in [-0.15, -0.1) is 0 Å². The molecule has 5 nitrogen and oxygen atoms in total. The van der Waals surface area contributed by atoms with Crippen LogP contribution in [0.25, 0.3) is 0 Å². The number of aldehydes is 1. The van der Waals surface area contributed by atoms with Crippen LogP contribution in [0.1, 0.15) is 6.92 Å². The van der Waals surface area contributed by atoms with Gasteiger partial charge in [0.05, 0.1) is 0 Å². The zero-order valence-electron chi connectivity index (χ0n) is 9.89. The van der Waals surface area contributed by atoms with Gasteiger partial charge in [-0.1, -0.05) is 0 Å². The number of hydrogen-bond acceptors (Lipinski definition) is 5. The molecule has 0 amide bonds. The summed E-state index contributed by atoms with van der Waals surface area (Å²) in [7, 11) is 6.76. The average Bonchev–Trinajstić information content (AvgIpc) is 2.25. The summed E-state index contributed by atoms with van der Waals surface area (Å²) in [6.45, 7) is 1.83. The van der Waals surface area contributed by atoms with Crippen LogP contribution < -0.4 is 0 Å². The molecular weight excluding hydrogens is 198 g/mol. The molecule has 0 aromatic heterocycles. The number of rotatable bonds is 5. The number of allylic oxidation sites excluding steroid dienone is 1. The van der Waals surface area contributed by atoms with E-state index in [0.29, 0.717) is 0 Å². The van der Waals surface area contributed by atoms with Crippen molar-refractivity contribution < 1.29 is 19.1 Å². The molecule has 5 heteroatoms. The third kappa shape index (κ3) is 15.5. The first-order chi connectivity index (χ1) is 6.97. The van der Waals surface area contributed by atoms with Crippen LogP contribution >= 0.6 is 0 Å². The fourth-order valence-electron chi connectivity index (χ4n) is 0.358. The normalized spacial score (nSPS) is 9.73. The van der Waals surface area contributed by atoms with Crippen LogP contribution in [0.3, 0.4) is 0 Å². The first-order valence-electron chi connectivity index (χ1n) is 4.37. The van der Waals surface area contributed by atoms with E-state index < -0.39 is 5.78 Å². The van der Waals surface area contributed by atoms with Crippen molar-refractivity contribution in [3.8, 4) is 0 Å². The van der Waals surface area contributed by atoms with E-state index in [1.165, 1.54) is 12.3 Å². The zero-order valence-corrected chi connectivity index (χ0v) is 9.89. The van der Waals surface area contributed by atoms with Gasteiger partial charge in [-0.2, -0.15) is 0 Å². The smallest absolute Gasteiger partial charge is 0.219 e. The molecule has 0 heterocycles. The summed E-state index contributed by atoms with van der Waals surface area (Å²) in [6.07, 6.45) is 2.95. The van der Waals surface area contributed by atoms with Crippen molar-refractivity contribution in [3.63, 3.8) is 0 Å². The zero-order chi connectivity index (χ0) is 12.3. The van der Waals surface area contributed by atoms with Gasteiger partial charge in [-0.3, -0.25) is 9.59 Å². The maximum atomic E-state index is 10.2. The van der Waals surface area contributed by atoms with Gasteiger partial charge >= 0.3 is 0 Å². The Morgan fingerprint density at radius 3 is 1.93 bits per heavy atom. The van der Waals surface area contributed by atoms with Crippen molar-refractivity contribution in [2.45, 2.75) is 13.2 Å². The lowest BCUT2D eigenvalue weighted by atomic mass is 10.4. The van der Waals surface area contributed by atoms with Crippen molar-refractivity contribution in [2.75, 3.05) is 28.3 Å². The molecule has 15 heavy (non-hydrogen) atoms. The van der Waals surface area contributed by atoms with E-state index in [0.717, 1.165) is 0 Å². The fourth-order valence-corrected chi connectivity index (χ4v) is 0.358. The Balaban J connectivity index is 0. The summed E-state index contributed by atoms with van der Waals surface area (Å²) >= 11 is 0. The van der Waals surface area contributed by atoms with Crippen LogP contribution in [-0.4, -0.2) is 51.6 Å². The summed E-state index contributed by atoms with van der Waals surface area (Å²) in [6, 6.07) is 0. The largest absolute Gasteiger partial charge is 0.383 e. The number of carbonyl (C=O) groups excluding carboxylic acids is 2. The molecule has 0 spiro atoms. The predicted octanol–water partition coefficient (Wildman–Crippen LogP) is 0.455. The standard InChI is InChI=1S/C6H9NO2.C4H10O2/c1-7(2)4-3-6(9)5-8;1-4(5-2)6-3/h3-5H,1-2H3;4H,1-3H3/b4-3+;. The van der Waals surface area contributed by atoms with Crippen molar-refractivity contribution in [1.29, 1.82) is 0 Å². The van der Waals surface area contributed by atoms with E-state index in [1.807, 2.05) is 6.92 Å². The number of ketones is 1. The van der Waals surface area contributed by atoms with E-state index in [4.69, 9.17) is 0 Å². The molecule has 0 aromatic rings. The van der Waals surface area contributed by atoms with E-state index >= 15 is 0 Å². The van der Waals surface area contributed by atoms with Gasteiger partial charge in [0.2, 0.25) is 5.78 Å². The molecule has 0 N–H and O–H groups in total. The monoisotopic (exact) mass is 217 g/mol. The maximum Gasteiger partial charge on any atom is 0.219 e. The highest BCUT2D eigenvalue weighted by Crippen LogP contribution is 1.83. The number of methoxy groups -OCH3 is 2. The lowest BCUT2D eigenvalue weighted by Crippen LogP contribution is -2.05. The quantitative estimate of drug-likeness (QED) is 0.290. The molecule has 0 saturated heterocycles. The maximum absolute atomic E-state index is 10.2. The van der Waals surface area contributed by atoms with Crippen LogP contribution in [0.5, 0.6) is 0 Å². The van der Waals surface area contributed by atoms with Crippen LogP contribution in [-0.2, 0) is 19.1 Å². The second-order valence-electron chi connectivity index (χ2n) is 2.84. The summed E-state index contributed by atoms with van der Waals surface area (Å²) < 4.78 is 9.35. The topological polar surface area (TPSA) is 55.8 Å². The fraction of sp³-hybridized carbons (Fsp3) is 0.600. The highest BCUT2D eigenvalue weighted by Gasteiger charge is 1.88. The summed E-state index contributed by atoms with van der Waals surface area (Å²) in [5.41, 5.74) is 0. The van der Waals surface area contributed by atoms with Crippen LogP contribution in [0.2, 0.25) is 0 Å². The second-order valence-corrected chi connectivity index (χ2v) is 2.84. The molecule has 0 rings (SSSR count). The van der Waals surface area contributed by atoms with Gasteiger partial charge in [0.1, 0.15) is 0 Å². The minimum absolute atomic E-state index is 0.0648. The third-order valence-electron chi connectivity index (χ3n) is 1.32. The molecule has 0 aliphatic carbocycles. The molecule has 88 valence electrons. The molecule has 0 aliphatic rings. The van der Waals surface area contributed by atoms with Crippen molar-refractivity contribution in [1.82, 2.24) is 4.90 Å². The van der Waals surface area contributed by atoms with Crippen LogP contribution in [0.15, 0.2) is 12.3 Å². The number of carbonyl (C=O) groups is 2. The highest BCUT2D eigenvalue weighted by atomic mass is 16.7. The Labute approximate surface area is 90.6 Å². The number of nitrogens with zero attached hydrogens (tertiary/aromatic N) is 1. The molecule has 0 unspecified atom stereocenters. The van der Waals surface area contributed by atoms with E-state index in [1.54, 1.807) is 33.2 Å². The lowest BCUT2D eigenvalue weighted by molar-refractivity contribution is -0.126. The predicted molar refractivity (Wildman–Crippen MR) is 57.4 cm³/mol. The lowest BCUT2D eigenvalue weighted by Gasteiger charge is -2.03. The molecule has 0 radical (unpaired) electrons. The molecule has 0 aliphatic heterocycles. The van der Waals surface area contributed by atoms with Crippen molar-refractivity contribution >= 4 is 12.1 Å². The van der Waals surface area contributed by atoms with Gasteiger partial charge in [0.25, 0.3) is 0 Å². The Hall–Kier alpha value is -1.20. The average molecular weight is 217 g/mol. The molecule has 0 bridgehead atoms. The summed E-state index contributed by atoms with van der Waals surface area (Å²) in [5, 5.41) is 0. The Morgan fingerprint density at radius 2 is 1.73 bits per heavy atom. The molecule has 0 atom stereocenters.